The van der Waals surface area contributed by atoms with Crippen molar-refractivity contribution in [3.63, 3.8) is 0 Å². The minimum Gasteiger partial charge on any atom is -0.449 e. The molecule has 1 aromatic rings. The summed E-state index contributed by atoms with van der Waals surface area (Å²) in [6.45, 7) is 0. The Hall–Kier alpha value is -0.755. The summed E-state index contributed by atoms with van der Waals surface area (Å²) in [5.41, 5.74) is 2.45. The molecule has 2 rings (SSSR count). The van der Waals surface area contributed by atoms with E-state index >= 15 is 0 Å². The molecule has 1 saturated carbocycles. The Bertz CT molecular complexity index is 268. The lowest BCUT2D eigenvalue weighted by Gasteiger charge is -2.25. The van der Waals surface area contributed by atoms with Crippen molar-refractivity contribution in [1.82, 2.24) is 0 Å². The largest absolute Gasteiger partial charge is 0.449 e. The molecule has 0 atom stereocenters. The average molecular weight is 160 g/mol. The van der Waals surface area contributed by atoms with Crippen LogP contribution in [0, 0.1) is 0 Å². The van der Waals surface area contributed by atoms with Crippen LogP contribution in [0.15, 0.2) is 24.3 Å². The molecule has 0 aliphatic heterocycles. The number of rotatable bonds is 2. The van der Waals surface area contributed by atoms with Gasteiger partial charge in [0.2, 0.25) is 0 Å². The highest BCUT2D eigenvalue weighted by molar-refractivity contribution is 6.45. The molecule has 62 valence electrons. The van der Waals surface area contributed by atoms with Gasteiger partial charge < -0.3 is 5.02 Å². The van der Waals surface area contributed by atoms with Crippen molar-refractivity contribution in [3.05, 3.63) is 29.8 Å². The van der Waals surface area contributed by atoms with Crippen molar-refractivity contribution >= 4 is 12.9 Å². The molecular weight excluding hydrogens is 147 g/mol. The molecule has 1 aliphatic carbocycles. The first-order chi connectivity index (χ1) is 5.90. The quantitative estimate of drug-likeness (QED) is 0.638. The Labute approximate surface area is 73.7 Å². The van der Waals surface area contributed by atoms with Crippen LogP contribution in [0.3, 0.4) is 0 Å². The molecule has 0 amide bonds. The lowest BCUT2D eigenvalue weighted by atomic mass is 9.77. The summed E-state index contributed by atoms with van der Waals surface area (Å²) >= 11 is 0. The highest BCUT2D eigenvalue weighted by Crippen LogP contribution is 2.35. The van der Waals surface area contributed by atoms with Gasteiger partial charge in [0.15, 0.2) is 0 Å². The maximum atomic E-state index is 8.93. The van der Waals surface area contributed by atoms with Gasteiger partial charge in [-0.3, -0.25) is 0 Å². The van der Waals surface area contributed by atoms with E-state index in [2.05, 4.69) is 12.1 Å². The van der Waals surface area contributed by atoms with Crippen LogP contribution >= 0.6 is 0 Å². The summed E-state index contributed by atoms with van der Waals surface area (Å²) in [6, 6.07) is 8.31. The highest BCUT2D eigenvalue weighted by Gasteiger charge is 2.19. The fraction of sp³-hybridized carbons (Fsp3) is 0.400. The standard InChI is InChI=1S/C10H13BO/c12-11-10-6-2-5-9(7-10)8-3-1-4-8/h2,5-8,11-12H,1,3-4H2. The van der Waals surface area contributed by atoms with Gasteiger partial charge in [0, 0.05) is 0 Å². The van der Waals surface area contributed by atoms with E-state index in [4.69, 9.17) is 5.02 Å². The monoisotopic (exact) mass is 160 g/mol. The molecule has 12 heavy (non-hydrogen) atoms. The summed E-state index contributed by atoms with van der Waals surface area (Å²) in [5.74, 6) is 0.775. The third kappa shape index (κ3) is 1.39. The molecule has 1 nitrogen and oxygen atoms in total. The summed E-state index contributed by atoms with van der Waals surface area (Å²) < 4.78 is 0. The van der Waals surface area contributed by atoms with Crippen LogP contribution in [-0.4, -0.2) is 12.5 Å². The summed E-state index contributed by atoms with van der Waals surface area (Å²) in [7, 11) is 0.167. The van der Waals surface area contributed by atoms with Crippen LogP contribution in [0.2, 0.25) is 0 Å². The zero-order valence-corrected chi connectivity index (χ0v) is 7.16. The van der Waals surface area contributed by atoms with E-state index in [1.807, 2.05) is 12.1 Å². The van der Waals surface area contributed by atoms with Crippen LogP contribution in [0.5, 0.6) is 0 Å². The molecule has 0 saturated heterocycles. The normalized spacial score (nSPS) is 17.1. The van der Waals surface area contributed by atoms with Crippen molar-refractivity contribution < 1.29 is 5.02 Å². The van der Waals surface area contributed by atoms with Gasteiger partial charge in [-0.2, -0.15) is 0 Å². The zero-order valence-electron chi connectivity index (χ0n) is 7.16. The van der Waals surface area contributed by atoms with E-state index in [0.717, 1.165) is 11.4 Å². The third-order valence-electron chi connectivity index (χ3n) is 2.71. The molecule has 1 aliphatic rings. The van der Waals surface area contributed by atoms with Gasteiger partial charge in [-0.25, -0.2) is 0 Å². The Balaban J connectivity index is 2.19. The molecule has 0 unspecified atom stereocenters. The summed E-state index contributed by atoms with van der Waals surface area (Å²) in [4.78, 5) is 0. The second-order valence-electron chi connectivity index (χ2n) is 3.53. The SMILES string of the molecule is OBc1cccc(C2CCC2)c1. The van der Waals surface area contributed by atoms with Crippen molar-refractivity contribution in [2.75, 3.05) is 0 Å². The van der Waals surface area contributed by atoms with Gasteiger partial charge >= 0.3 is 7.48 Å². The Morgan fingerprint density at radius 3 is 2.75 bits per heavy atom. The molecule has 0 heterocycles. The number of hydrogen-bond donors (Lipinski definition) is 1. The van der Waals surface area contributed by atoms with Gasteiger partial charge in [-0.05, 0) is 24.3 Å². The smallest absolute Gasteiger partial charge is 0.304 e. The van der Waals surface area contributed by atoms with E-state index in [-0.39, 0.29) is 7.48 Å². The first-order valence-corrected chi connectivity index (χ1v) is 4.60. The maximum absolute atomic E-state index is 8.93. The Morgan fingerprint density at radius 2 is 2.17 bits per heavy atom. The molecular formula is C10H13BO. The predicted molar refractivity (Wildman–Crippen MR) is 52.0 cm³/mol. The number of hydrogen-bond acceptors (Lipinski definition) is 1. The minimum atomic E-state index is 0.167. The molecule has 1 fully saturated rings. The fourth-order valence-electron chi connectivity index (χ4n) is 1.69. The van der Waals surface area contributed by atoms with Crippen molar-refractivity contribution in [3.8, 4) is 0 Å². The van der Waals surface area contributed by atoms with Crippen LogP contribution in [0.25, 0.3) is 0 Å². The van der Waals surface area contributed by atoms with Crippen molar-refractivity contribution in [2.45, 2.75) is 25.2 Å². The Kier molecular flexibility index (Phi) is 2.18. The molecule has 1 aromatic carbocycles. The molecule has 2 heteroatoms. The second-order valence-corrected chi connectivity index (χ2v) is 3.53. The topological polar surface area (TPSA) is 20.2 Å². The van der Waals surface area contributed by atoms with E-state index in [1.54, 1.807) is 0 Å². The zero-order chi connectivity index (χ0) is 8.39. The Morgan fingerprint density at radius 1 is 1.33 bits per heavy atom. The first kappa shape index (κ1) is 7.87. The van der Waals surface area contributed by atoms with Crippen LogP contribution < -0.4 is 5.46 Å². The third-order valence-corrected chi connectivity index (χ3v) is 2.71. The molecule has 0 bridgehead atoms. The lowest BCUT2D eigenvalue weighted by Crippen LogP contribution is -2.16. The maximum Gasteiger partial charge on any atom is 0.304 e. The molecule has 1 N–H and O–H groups in total. The summed E-state index contributed by atoms with van der Waals surface area (Å²) in [6.07, 6.45) is 4.03. The average Bonchev–Trinajstić information content (AvgIpc) is 2.02. The second kappa shape index (κ2) is 3.32. The van der Waals surface area contributed by atoms with Gasteiger partial charge in [0.25, 0.3) is 0 Å². The van der Waals surface area contributed by atoms with Crippen molar-refractivity contribution in [2.24, 2.45) is 0 Å². The number of benzene rings is 1. The van der Waals surface area contributed by atoms with Gasteiger partial charge in [-0.15, -0.1) is 0 Å². The molecule has 0 radical (unpaired) electrons. The van der Waals surface area contributed by atoms with E-state index in [9.17, 15) is 0 Å². The van der Waals surface area contributed by atoms with Gasteiger partial charge in [0.05, 0.1) is 0 Å². The van der Waals surface area contributed by atoms with Gasteiger partial charge in [-0.1, -0.05) is 36.1 Å². The van der Waals surface area contributed by atoms with E-state index in [1.165, 1.54) is 24.8 Å². The predicted octanol–water partition coefficient (Wildman–Crippen LogP) is 0.923. The molecule has 0 aromatic heterocycles. The van der Waals surface area contributed by atoms with E-state index < -0.39 is 0 Å². The summed E-state index contributed by atoms with van der Waals surface area (Å²) in [5, 5.41) is 8.93. The molecule has 0 spiro atoms. The van der Waals surface area contributed by atoms with Crippen molar-refractivity contribution in [1.29, 1.82) is 0 Å². The lowest BCUT2D eigenvalue weighted by molar-refractivity contribution is 0.420. The van der Waals surface area contributed by atoms with Gasteiger partial charge in [0.1, 0.15) is 0 Å². The first-order valence-electron chi connectivity index (χ1n) is 4.60. The van der Waals surface area contributed by atoms with E-state index in [0.29, 0.717) is 0 Å². The minimum absolute atomic E-state index is 0.167. The van der Waals surface area contributed by atoms with Crippen LogP contribution in [0.4, 0.5) is 0 Å². The fourth-order valence-corrected chi connectivity index (χ4v) is 1.69. The van der Waals surface area contributed by atoms with Crippen LogP contribution in [-0.2, 0) is 0 Å². The highest BCUT2D eigenvalue weighted by atomic mass is 16.2. The van der Waals surface area contributed by atoms with Crippen LogP contribution in [0.1, 0.15) is 30.7 Å².